The number of halogens is 1. The quantitative estimate of drug-likeness (QED) is 0.448. The van der Waals surface area contributed by atoms with E-state index in [-0.39, 0.29) is 5.62 Å². The maximum absolute atomic E-state index is 6.66. The van der Waals surface area contributed by atoms with Crippen LogP contribution in [0.15, 0.2) is 0 Å². The summed E-state index contributed by atoms with van der Waals surface area (Å²) in [5.41, 5.74) is -0.0746. The maximum Gasteiger partial charge on any atom is 0.137 e. The molecule has 0 spiro atoms. The summed E-state index contributed by atoms with van der Waals surface area (Å²) >= 11 is 6.66. The van der Waals surface area contributed by atoms with E-state index in [9.17, 15) is 0 Å². The monoisotopic (exact) mass is 393 g/mol. The van der Waals surface area contributed by atoms with Crippen LogP contribution < -0.4 is 16.0 Å². The van der Waals surface area contributed by atoms with Gasteiger partial charge in [0, 0.05) is 0 Å². The fraction of sp³-hybridized carbons (Fsp3) is 1.00. The topological polar surface area (TPSA) is 36.1 Å². The van der Waals surface area contributed by atoms with Gasteiger partial charge in [-0.2, -0.15) is 0 Å². The molecule has 5 fully saturated rings. The second kappa shape index (κ2) is 8.50. The van der Waals surface area contributed by atoms with E-state index < -0.39 is 0 Å². The molecule has 27 heavy (non-hydrogen) atoms. The molecule has 5 rings (SSSR count). The number of rotatable bonds is 2. The molecule has 0 aromatic heterocycles. The van der Waals surface area contributed by atoms with Gasteiger partial charge in [-0.3, -0.25) is 16.0 Å². The van der Waals surface area contributed by atoms with Crippen LogP contribution in [0.5, 0.6) is 0 Å². The minimum absolute atomic E-state index is 0.0746. The SMILES string of the molecule is ClC1NC(C2CCC3CCCCC3C2)NC(C2CCC3CCCCC3C2)N1. The lowest BCUT2D eigenvalue weighted by Crippen LogP contribution is -2.70. The normalized spacial score (nSPS) is 51.2. The van der Waals surface area contributed by atoms with Gasteiger partial charge in [0.1, 0.15) is 5.62 Å². The first-order chi connectivity index (χ1) is 13.3. The molecule has 5 aliphatic rings. The average molecular weight is 394 g/mol. The van der Waals surface area contributed by atoms with Crippen LogP contribution in [0.2, 0.25) is 0 Å². The fourth-order valence-electron chi connectivity index (χ4n) is 7.62. The van der Waals surface area contributed by atoms with E-state index in [1.54, 1.807) is 0 Å². The van der Waals surface area contributed by atoms with E-state index in [1.165, 1.54) is 89.9 Å². The van der Waals surface area contributed by atoms with Gasteiger partial charge in [-0.15, -0.1) is 0 Å². The average Bonchev–Trinajstić information content (AvgIpc) is 2.72. The fourth-order valence-corrected chi connectivity index (χ4v) is 7.89. The van der Waals surface area contributed by atoms with E-state index in [1.807, 2.05) is 0 Å². The highest BCUT2D eigenvalue weighted by molar-refractivity contribution is 6.20. The minimum Gasteiger partial charge on any atom is -0.286 e. The zero-order valence-corrected chi connectivity index (χ0v) is 17.7. The molecule has 3 N–H and O–H groups in total. The van der Waals surface area contributed by atoms with Gasteiger partial charge >= 0.3 is 0 Å². The Morgan fingerprint density at radius 1 is 0.444 bits per heavy atom. The zero-order chi connectivity index (χ0) is 18.2. The molecule has 0 bridgehead atoms. The number of fused-ring (bicyclic) bond motifs is 2. The largest absolute Gasteiger partial charge is 0.286 e. The van der Waals surface area contributed by atoms with Gasteiger partial charge in [-0.05, 0) is 74.0 Å². The molecule has 4 heteroatoms. The van der Waals surface area contributed by atoms with Gasteiger partial charge < -0.3 is 0 Å². The number of alkyl halides is 1. The lowest BCUT2D eigenvalue weighted by Gasteiger charge is -2.49. The van der Waals surface area contributed by atoms with Crippen molar-refractivity contribution in [1.82, 2.24) is 16.0 Å². The number of nitrogens with one attached hydrogen (secondary N) is 3. The third-order valence-corrected chi connectivity index (χ3v) is 9.37. The van der Waals surface area contributed by atoms with Crippen molar-refractivity contribution >= 4 is 11.6 Å². The highest BCUT2D eigenvalue weighted by Gasteiger charge is 2.41. The second-order valence-electron chi connectivity index (χ2n) is 10.6. The Bertz CT molecular complexity index is 458. The van der Waals surface area contributed by atoms with Crippen molar-refractivity contribution in [3.63, 3.8) is 0 Å². The van der Waals surface area contributed by atoms with E-state index in [0.29, 0.717) is 12.3 Å². The highest BCUT2D eigenvalue weighted by Crippen LogP contribution is 2.45. The van der Waals surface area contributed by atoms with Crippen LogP contribution in [0.25, 0.3) is 0 Å². The molecular weight excluding hydrogens is 354 g/mol. The summed E-state index contributed by atoms with van der Waals surface area (Å²) < 4.78 is 0. The first-order valence-corrected chi connectivity index (χ1v) is 12.6. The molecule has 0 amide bonds. The van der Waals surface area contributed by atoms with Crippen molar-refractivity contribution in [1.29, 1.82) is 0 Å². The summed E-state index contributed by atoms with van der Waals surface area (Å²) in [5, 5.41) is 11.3. The molecule has 8 atom stereocenters. The lowest BCUT2D eigenvalue weighted by molar-refractivity contribution is 0.0462. The molecule has 0 radical (unpaired) electrons. The van der Waals surface area contributed by atoms with E-state index in [2.05, 4.69) is 16.0 Å². The van der Waals surface area contributed by atoms with Crippen LogP contribution in [0.4, 0.5) is 0 Å². The van der Waals surface area contributed by atoms with Crippen molar-refractivity contribution in [3.8, 4) is 0 Å². The molecule has 3 nitrogen and oxygen atoms in total. The molecule has 4 saturated carbocycles. The van der Waals surface area contributed by atoms with Crippen LogP contribution in [0, 0.1) is 35.5 Å². The van der Waals surface area contributed by atoms with E-state index >= 15 is 0 Å². The summed E-state index contributed by atoms with van der Waals surface area (Å²) in [6.45, 7) is 0. The zero-order valence-electron chi connectivity index (χ0n) is 17.0. The molecule has 154 valence electrons. The molecule has 0 aromatic rings. The molecule has 1 heterocycles. The highest BCUT2D eigenvalue weighted by atomic mass is 35.5. The molecule has 1 saturated heterocycles. The third kappa shape index (κ3) is 4.22. The molecule has 0 aromatic carbocycles. The van der Waals surface area contributed by atoms with Gasteiger partial charge in [-0.25, -0.2) is 0 Å². The van der Waals surface area contributed by atoms with Crippen molar-refractivity contribution in [3.05, 3.63) is 0 Å². The van der Waals surface area contributed by atoms with Crippen molar-refractivity contribution in [2.75, 3.05) is 0 Å². The van der Waals surface area contributed by atoms with E-state index in [4.69, 9.17) is 11.6 Å². The minimum atomic E-state index is -0.0746. The second-order valence-corrected chi connectivity index (χ2v) is 11.0. The standard InChI is InChI=1S/C23H40ClN3/c24-23-26-21(19-11-9-15-5-1-3-7-17(15)13-19)25-22(27-23)20-12-10-16-6-2-4-8-18(16)14-20/h15-23,25-27H,1-14H2. The van der Waals surface area contributed by atoms with Gasteiger partial charge in [0.2, 0.25) is 0 Å². The summed E-state index contributed by atoms with van der Waals surface area (Å²) in [7, 11) is 0. The molecule has 8 unspecified atom stereocenters. The first kappa shape index (κ1) is 19.2. The molecule has 4 aliphatic carbocycles. The Labute approximate surface area is 171 Å². The van der Waals surface area contributed by atoms with Crippen LogP contribution >= 0.6 is 11.6 Å². The number of hydrogen-bond donors (Lipinski definition) is 3. The van der Waals surface area contributed by atoms with Gasteiger partial charge in [0.05, 0.1) is 12.3 Å². The number of hydrogen-bond acceptors (Lipinski definition) is 3. The smallest absolute Gasteiger partial charge is 0.137 e. The summed E-state index contributed by atoms with van der Waals surface area (Å²) in [4.78, 5) is 0. The summed E-state index contributed by atoms with van der Waals surface area (Å²) in [6, 6.07) is 0. The molecule has 1 aliphatic heterocycles. The van der Waals surface area contributed by atoms with Crippen LogP contribution in [-0.2, 0) is 0 Å². The van der Waals surface area contributed by atoms with Crippen molar-refractivity contribution in [2.24, 2.45) is 35.5 Å². The predicted molar refractivity (Wildman–Crippen MR) is 112 cm³/mol. The van der Waals surface area contributed by atoms with Gasteiger partial charge in [0.25, 0.3) is 0 Å². The Kier molecular flexibility index (Phi) is 6.03. The molecular formula is C23H40ClN3. The Balaban J connectivity index is 1.21. The van der Waals surface area contributed by atoms with Crippen LogP contribution in [0.1, 0.15) is 89.9 Å². The van der Waals surface area contributed by atoms with Crippen molar-refractivity contribution in [2.45, 2.75) is 108 Å². The third-order valence-electron chi connectivity index (χ3n) is 9.11. The Hall–Kier alpha value is 0.170. The summed E-state index contributed by atoms with van der Waals surface area (Å²) in [6.07, 6.45) is 21.2. The lowest BCUT2D eigenvalue weighted by atomic mass is 9.66. The van der Waals surface area contributed by atoms with Crippen LogP contribution in [-0.4, -0.2) is 18.0 Å². The Morgan fingerprint density at radius 3 is 1.33 bits per heavy atom. The summed E-state index contributed by atoms with van der Waals surface area (Å²) in [5.74, 6) is 5.56. The van der Waals surface area contributed by atoms with Gasteiger partial charge in [0.15, 0.2) is 0 Å². The van der Waals surface area contributed by atoms with Gasteiger partial charge in [-0.1, -0.05) is 63.0 Å². The maximum atomic E-state index is 6.66. The Morgan fingerprint density at radius 2 is 0.852 bits per heavy atom. The first-order valence-electron chi connectivity index (χ1n) is 12.2. The van der Waals surface area contributed by atoms with Crippen LogP contribution in [0.3, 0.4) is 0 Å². The van der Waals surface area contributed by atoms with E-state index in [0.717, 1.165) is 35.5 Å². The predicted octanol–water partition coefficient (Wildman–Crippen LogP) is 5.16. The van der Waals surface area contributed by atoms with Crippen molar-refractivity contribution < 1.29 is 0 Å².